The average Bonchev–Trinajstić information content (AvgIpc) is 2.78. The third-order valence-electron chi connectivity index (χ3n) is 4.63. The van der Waals surface area contributed by atoms with Gasteiger partial charge in [-0.3, -0.25) is 0 Å². The Labute approximate surface area is 169 Å². The average molecular weight is 383 g/mol. The maximum absolute atomic E-state index is 12.8. The molecule has 4 aromatic rings. The van der Waals surface area contributed by atoms with Crippen LogP contribution in [0.5, 0.6) is 0 Å². The van der Waals surface area contributed by atoms with Crippen LogP contribution in [0.15, 0.2) is 84.9 Å². The fourth-order valence-electron chi connectivity index (χ4n) is 3.06. The Morgan fingerprint density at radius 2 is 1.45 bits per heavy atom. The third kappa shape index (κ3) is 4.41. The maximum atomic E-state index is 12.8. The predicted octanol–water partition coefficient (Wildman–Crippen LogP) is 5.16. The molecule has 0 aliphatic heterocycles. The zero-order valence-corrected chi connectivity index (χ0v) is 16.1. The molecule has 1 aromatic heterocycles. The quantitative estimate of drug-likeness (QED) is 0.466. The van der Waals surface area contributed by atoms with Crippen molar-refractivity contribution >= 4 is 22.8 Å². The lowest BCUT2D eigenvalue weighted by molar-refractivity contribution is 0.0467. The lowest BCUT2D eigenvalue weighted by Crippen LogP contribution is -2.16. The van der Waals surface area contributed by atoms with Crippen LogP contribution in [-0.2, 0) is 11.3 Å². The van der Waals surface area contributed by atoms with Crippen LogP contribution in [0, 0.1) is 0 Å². The molecule has 144 valence electrons. The molecule has 0 saturated heterocycles. The van der Waals surface area contributed by atoms with E-state index < -0.39 is 5.97 Å². The number of fused-ring (bicyclic) bond motifs is 1. The van der Waals surface area contributed by atoms with Crippen molar-refractivity contribution in [3.8, 4) is 0 Å². The number of para-hydroxylation sites is 2. The Morgan fingerprint density at radius 1 is 0.862 bits per heavy atom. The second-order valence-electron chi connectivity index (χ2n) is 6.75. The molecule has 1 heterocycles. The first kappa shape index (κ1) is 18.6. The molecule has 4 rings (SSSR count). The van der Waals surface area contributed by atoms with E-state index >= 15 is 0 Å². The van der Waals surface area contributed by atoms with Gasteiger partial charge in [0.05, 0.1) is 17.1 Å². The van der Waals surface area contributed by atoms with Crippen molar-refractivity contribution < 1.29 is 9.53 Å². The van der Waals surface area contributed by atoms with E-state index in [9.17, 15) is 4.79 Å². The monoisotopic (exact) mass is 383 g/mol. The van der Waals surface area contributed by atoms with Crippen LogP contribution in [-0.4, -0.2) is 15.9 Å². The minimum absolute atomic E-state index is 0.0488. The number of aromatic nitrogens is 2. The summed E-state index contributed by atoms with van der Waals surface area (Å²) in [4.78, 5) is 22.0. The highest BCUT2D eigenvalue weighted by atomic mass is 16.5. The van der Waals surface area contributed by atoms with Gasteiger partial charge in [-0.25, -0.2) is 14.8 Å². The Morgan fingerprint density at radius 3 is 2.14 bits per heavy atom. The fraction of sp³-hybridized carbons (Fsp3) is 0.125. The Hall–Kier alpha value is -3.73. The molecule has 0 aliphatic rings. The Balaban J connectivity index is 1.63. The van der Waals surface area contributed by atoms with E-state index in [0.717, 1.165) is 16.6 Å². The summed E-state index contributed by atoms with van der Waals surface area (Å²) in [6, 6.07) is 27.0. The highest BCUT2D eigenvalue weighted by Gasteiger charge is 2.20. The van der Waals surface area contributed by atoms with E-state index in [1.54, 1.807) is 0 Å². The van der Waals surface area contributed by atoms with E-state index in [2.05, 4.69) is 15.3 Å². The van der Waals surface area contributed by atoms with E-state index in [4.69, 9.17) is 4.74 Å². The number of hydrogen-bond acceptors (Lipinski definition) is 5. The molecule has 0 radical (unpaired) electrons. The number of hydrogen-bond donors (Lipinski definition) is 1. The molecule has 5 heteroatoms. The van der Waals surface area contributed by atoms with E-state index in [1.807, 2.05) is 91.9 Å². The predicted molar refractivity (Wildman–Crippen MR) is 114 cm³/mol. The van der Waals surface area contributed by atoms with Gasteiger partial charge in [-0.15, -0.1) is 0 Å². The summed E-state index contributed by atoms with van der Waals surface area (Å²) in [6.45, 7) is 2.20. The lowest BCUT2D eigenvalue weighted by Gasteiger charge is -2.17. The standard InChI is InChI=1S/C24H21N3O2/c1-17(19-12-6-3-7-13-19)25-23-22(26-20-14-8-9-15-21(20)27-23)24(28)29-16-18-10-4-2-5-11-18/h2-15,17H,16H2,1H3,(H,25,27)/t17-/m1/s1. The van der Waals surface area contributed by atoms with Gasteiger partial charge < -0.3 is 10.1 Å². The summed E-state index contributed by atoms with van der Waals surface area (Å²) in [5.41, 5.74) is 3.56. The SMILES string of the molecule is C[C@@H](Nc1nc2ccccc2nc1C(=O)OCc1ccccc1)c1ccccc1. The molecule has 0 amide bonds. The first-order valence-electron chi connectivity index (χ1n) is 9.50. The summed E-state index contributed by atoms with van der Waals surface area (Å²) in [7, 11) is 0. The van der Waals surface area contributed by atoms with Crippen molar-refractivity contribution in [3.05, 3.63) is 102 Å². The molecule has 0 spiro atoms. The topological polar surface area (TPSA) is 64.1 Å². The third-order valence-corrected chi connectivity index (χ3v) is 4.63. The first-order chi connectivity index (χ1) is 14.2. The summed E-state index contributed by atoms with van der Waals surface area (Å²) < 4.78 is 5.51. The van der Waals surface area contributed by atoms with Gasteiger partial charge in [0.2, 0.25) is 0 Å². The second kappa shape index (κ2) is 8.52. The van der Waals surface area contributed by atoms with Crippen LogP contribution in [0.4, 0.5) is 5.82 Å². The minimum Gasteiger partial charge on any atom is -0.456 e. The van der Waals surface area contributed by atoms with E-state index in [1.165, 1.54) is 0 Å². The first-order valence-corrected chi connectivity index (χ1v) is 9.50. The number of carbonyl (C=O) groups excluding carboxylic acids is 1. The molecular formula is C24H21N3O2. The molecular weight excluding hydrogens is 362 g/mol. The van der Waals surface area contributed by atoms with Crippen LogP contribution in [0.2, 0.25) is 0 Å². The smallest absolute Gasteiger partial charge is 0.361 e. The van der Waals surface area contributed by atoms with Crippen molar-refractivity contribution in [1.82, 2.24) is 9.97 Å². The molecule has 5 nitrogen and oxygen atoms in total. The van der Waals surface area contributed by atoms with Gasteiger partial charge >= 0.3 is 5.97 Å². The van der Waals surface area contributed by atoms with Crippen molar-refractivity contribution in [1.29, 1.82) is 0 Å². The summed E-state index contributed by atoms with van der Waals surface area (Å²) in [5, 5.41) is 3.32. The Kier molecular flexibility index (Phi) is 5.47. The number of ether oxygens (including phenoxy) is 1. The van der Waals surface area contributed by atoms with Crippen molar-refractivity contribution in [3.63, 3.8) is 0 Å². The molecule has 1 atom stereocenters. The zero-order chi connectivity index (χ0) is 20.1. The maximum Gasteiger partial charge on any atom is 0.361 e. The molecule has 0 bridgehead atoms. The molecule has 0 fully saturated rings. The number of anilines is 1. The van der Waals surface area contributed by atoms with E-state index in [0.29, 0.717) is 11.3 Å². The minimum atomic E-state index is -0.505. The van der Waals surface area contributed by atoms with Crippen LogP contribution >= 0.6 is 0 Å². The number of benzene rings is 3. The van der Waals surface area contributed by atoms with Gasteiger partial charge in [-0.2, -0.15) is 0 Å². The zero-order valence-electron chi connectivity index (χ0n) is 16.1. The number of rotatable bonds is 6. The van der Waals surface area contributed by atoms with Gasteiger partial charge in [0, 0.05) is 0 Å². The normalized spacial score (nSPS) is 11.8. The molecule has 0 saturated carbocycles. The van der Waals surface area contributed by atoms with Gasteiger partial charge in [0.25, 0.3) is 0 Å². The number of nitrogens with zero attached hydrogens (tertiary/aromatic N) is 2. The molecule has 0 aliphatic carbocycles. The molecule has 3 aromatic carbocycles. The highest BCUT2D eigenvalue weighted by molar-refractivity contribution is 5.95. The summed E-state index contributed by atoms with van der Waals surface area (Å²) in [5.74, 6) is -0.0898. The summed E-state index contributed by atoms with van der Waals surface area (Å²) in [6.07, 6.45) is 0. The number of esters is 1. The van der Waals surface area contributed by atoms with Gasteiger partial charge in [0.15, 0.2) is 11.5 Å². The highest BCUT2D eigenvalue weighted by Crippen LogP contribution is 2.23. The molecule has 29 heavy (non-hydrogen) atoms. The number of nitrogens with one attached hydrogen (secondary N) is 1. The van der Waals surface area contributed by atoms with Crippen LogP contribution in [0.3, 0.4) is 0 Å². The van der Waals surface area contributed by atoms with Crippen molar-refractivity contribution in [2.24, 2.45) is 0 Å². The largest absolute Gasteiger partial charge is 0.456 e. The second-order valence-corrected chi connectivity index (χ2v) is 6.75. The summed E-state index contributed by atoms with van der Waals surface area (Å²) >= 11 is 0. The van der Waals surface area contributed by atoms with Gasteiger partial charge in [-0.05, 0) is 30.2 Å². The molecule has 1 N–H and O–H groups in total. The Bertz CT molecular complexity index is 1110. The van der Waals surface area contributed by atoms with Crippen LogP contribution in [0.25, 0.3) is 11.0 Å². The molecule has 0 unspecified atom stereocenters. The van der Waals surface area contributed by atoms with Crippen LogP contribution in [0.1, 0.15) is 34.6 Å². The van der Waals surface area contributed by atoms with Crippen molar-refractivity contribution in [2.75, 3.05) is 5.32 Å². The fourth-order valence-corrected chi connectivity index (χ4v) is 3.06. The van der Waals surface area contributed by atoms with Crippen LogP contribution < -0.4 is 5.32 Å². The van der Waals surface area contributed by atoms with Crippen molar-refractivity contribution in [2.45, 2.75) is 19.6 Å². The van der Waals surface area contributed by atoms with E-state index in [-0.39, 0.29) is 18.3 Å². The number of carbonyl (C=O) groups is 1. The van der Waals surface area contributed by atoms with Gasteiger partial charge in [0.1, 0.15) is 6.61 Å². The van der Waals surface area contributed by atoms with Gasteiger partial charge in [-0.1, -0.05) is 72.8 Å². The lowest BCUT2D eigenvalue weighted by atomic mass is 10.1.